The van der Waals surface area contributed by atoms with Crippen molar-refractivity contribution >= 4 is 39.1 Å². The zero-order valence-electron chi connectivity index (χ0n) is 17.3. The van der Waals surface area contributed by atoms with Crippen molar-refractivity contribution in [1.29, 1.82) is 0 Å². The monoisotopic (exact) mass is 448 g/mol. The summed E-state index contributed by atoms with van der Waals surface area (Å²) in [5.74, 6) is 3.69. The first-order valence-electron chi connectivity index (χ1n) is 10.9. The van der Waals surface area contributed by atoms with Crippen LogP contribution in [0.15, 0.2) is 35.5 Å². The number of hydrogen-bond donors (Lipinski definition) is 1. The Balaban J connectivity index is 1.27. The van der Waals surface area contributed by atoms with Crippen molar-refractivity contribution in [3.8, 4) is 0 Å². The fourth-order valence-corrected chi connectivity index (χ4v) is 6.48. The lowest BCUT2D eigenvalue weighted by atomic mass is 9.97. The lowest BCUT2D eigenvalue weighted by molar-refractivity contribution is 0.667. The smallest absolute Gasteiger partial charge is 0.191 e. The van der Waals surface area contributed by atoms with Crippen LogP contribution in [0, 0.1) is 0 Å². The minimum atomic E-state index is 0.547. The maximum absolute atomic E-state index is 6.39. The molecule has 0 atom stereocenters. The average Bonchev–Trinajstić information content (AvgIpc) is 3.44. The van der Waals surface area contributed by atoms with E-state index in [4.69, 9.17) is 10.7 Å². The number of thiophene rings is 1. The average molecular weight is 449 g/mol. The number of nitrogens with two attached hydrogens (primary N) is 1. The second-order valence-corrected chi connectivity index (χ2v) is 10.4. The molecule has 31 heavy (non-hydrogen) atoms. The van der Waals surface area contributed by atoms with Crippen LogP contribution in [0.2, 0.25) is 0 Å². The molecule has 6 nitrogen and oxygen atoms in total. The Morgan fingerprint density at radius 1 is 1.06 bits per heavy atom. The van der Waals surface area contributed by atoms with Gasteiger partial charge in [-0.1, -0.05) is 42.1 Å². The van der Waals surface area contributed by atoms with E-state index >= 15 is 0 Å². The van der Waals surface area contributed by atoms with Gasteiger partial charge in [0.2, 0.25) is 0 Å². The molecule has 0 unspecified atom stereocenters. The summed E-state index contributed by atoms with van der Waals surface area (Å²) in [4.78, 5) is 12.0. The molecule has 1 fully saturated rings. The largest absolute Gasteiger partial charge is 0.383 e. The topological polar surface area (TPSA) is 82.5 Å². The number of fused-ring (bicyclic) bond motifs is 3. The molecule has 2 aliphatic rings. The number of aryl methyl sites for hydroxylation is 2. The number of hydrogen-bond acceptors (Lipinski definition) is 7. The van der Waals surface area contributed by atoms with Crippen molar-refractivity contribution in [3.63, 3.8) is 0 Å². The van der Waals surface area contributed by atoms with E-state index in [1.54, 1.807) is 23.1 Å². The van der Waals surface area contributed by atoms with Gasteiger partial charge in [-0.3, -0.25) is 0 Å². The van der Waals surface area contributed by atoms with Gasteiger partial charge in [-0.2, -0.15) is 0 Å². The fourth-order valence-electron chi connectivity index (χ4n) is 4.39. The van der Waals surface area contributed by atoms with Gasteiger partial charge in [-0.15, -0.1) is 21.5 Å². The number of anilines is 1. The van der Waals surface area contributed by atoms with E-state index in [0.29, 0.717) is 17.5 Å². The molecule has 0 amide bonds. The van der Waals surface area contributed by atoms with Crippen LogP contribution in [0.1, 0.15) is 59.3 Å². The number of benzene rings is 1. The lowest BCUT2D eigenvalue weighted by Gasteiger charge is -2.11. The Morgan fingerprint density at radius 3 is 2.74 bits per heavy atom. The number of nitrogens with zero attached hydrogens (tertiary/aromatic N) is 5. The zero-order chi connectivity index (χ0) is 20.8. The van der Waals surface area contributed by atoms with Gasteiger partial charge >= 0.3 is 0 Å². The number of nitrogen functional groups attached to an aromatic ring is 1. The van der Waals surface area contributed by atoms with E-state index in [9.17, 15) is 0 Å². The predicted octanol–water partition coefficient (Wildman–Crippen LogP) is 4.96. The van der Waals surface area contributed by atoms with Crippen LogP contribution in [0.25, 0.3) is 10.2 Å². The third kappa shape index (κ3) is 3.72. The van der Waals surface area contributed by atoms with E-state index in [2.05, 4.69) is 44.0 Å². The summed E-state index contributed by atoms with van der Waals surface area (Å²) in [6.07, 6.45) is 7.15. The van der Waals surface area contributed by atoms with E-state index in [1.165, 1.54) is 41.7 Å². The molecule has 0 radical (unpaired) electrons. The highest BCUT2D eigenvalue weighted by Crippen LogP contribution is 2.41. The van der Waals surface area contributed by atoms with Crippen LogP contribution in [-0.4, -0.2) is 24.7 Å². The molecule has 0 bridgehead atoms. The molecule has 3 heterocycles. The summed E-state index contributed by atoms with van der Waals surface area (Å²) in [7, 11) is 0. The minimum absolute atomic E-state index is 0.547. The molecule has 2 N–H and O–H groups in total. The number of thioether (sulfide) groups is 1. The fraction of sp³-hybridized carbons (Fsp3) is 0.391. The van der Waals surface area contributed by atoms with E-state index in [0.717, 1.165) is 46.4 Å². The Kier molecular flexibility index (Phi) is 4.91. The summed E-state index contributed by atoms with van der Waals surface area (Å²) in [6, 6.07) is 10.5. The summed E-state index contributed by atoms with van der Waals surface area (Å²) in [6.45, 7) is 0.793. The molecule has 1 aromatic carbocycles. The number of rotatable bonds is 6. The highest BCUT2D eigenvalue weighted by Gasteiger charge is 2.30. The third-order valence-corrected chi connectivity index (χ3v) is 8.24. The SMILES string of the molecule is Nc1nc(CSc2nnc(C3CC3)n2Cc2ccccc2)nc2sc3c(c12)CCCC3. The standard InChI is InChI=1S/C23H24N6S2/c24-20-19-16-8-4-5-9-17(16)31-22(19)26-18(25-20)13-30-23-28-27-21(15-10-11-15)29(23)12-14-6-2-1-3-7-14/h1-3,6-7,15H,4-5,8-13H2,(H2,24,25,26). The Labute approximate surface area is 189 Å². The Hall–Kier alpha value is -2.45. The van der Waals surface area contributed by atoms with Crippen molar-refractivity contribution in [3.05, 3.63) is 58.0 Å². The normalized spacial score (nSPS) is 16.0. The van der Waals surface area contributed by atoms with Crippen LogP contribution >= 0.6 is 23.1 Å². The molecule has 4 aromatic rings. The maximum atomic E-state index is 6.39. The highest BCUT2D eigenvalue weighted by molar-refractivity contribution is 7.98. The molecule has 0 aliphatic heterocycles. The van der Waals surface area contributed by atoms with Gasteiger partial charge in [0.25, 0.3) is 0 Å². The second kappa shape index (κ2) is 7.91. The minimum Gasteiger partial charge on any atom is -0.383 e. The van der Waals surface area contributed by atoms with E-state index in [1.807, 2.05) is 6.07 Å². The summed E-state index contributed by atoms with van der Waals surface area (Å²) in [5.41, 5.74) is 9.04. The lowest BCUT2D eigenvalue weighted by Crippen LogP contribution is -2.06. The van der Waals surface area contributed by atoms with Gasteiger partial charge < -0.3 is 10.3 Å². The predicted molar refractivity (Wildman–Crippen MR) is 126 cm³/mol. The molecule has 0 saturated heterocycles. The first-order valence-corrected chi connectivity index (χ1v) is 12.7. The summed E-state index contributed by atoms with van der Waals surface area (Å²) in [5, 5.41) is 11.1. The molecule has 0 spiro atoms. The molecule has 6 rings (SSSR count). The van der Waals surface area contributed by atoms with Crippen molar-refractivity contribution in [2.24, 2.45) is 0 Å². The maximum Gasteiger partial charge on any atom is 0.191 e. The third-order valence-electron chi connectivity index (χ3n) is 6.09. The van der Waals surface area contributed by atoms with E-state index < -0.39 is 0 Å². The van der Waals surface area contributed by atoms with Gasteiger partial charge in [-0.05, 0) is 49.7 Å². The van der Waals surface area contributed by atoms with Crippen molar-refractivity contribution in [2.75, 3.05) is 5.73 Å². The molecular weight excluding hydrogens is 424 g/mol. The molecule has 2 aliphatic carbocycles. The van der Waals surface area contributed by atoms with Gasteiger partial charge in [0.05, 0.1) is 17.7 Å². The molecule has 1 saturated carbocycles. The van der Waals surface area contributed by atoms with Gasteiger partial charge in [-0.25, -0.2) is 9.97 Å². The van der Waals surface area contributed by atoms with Crippen molar-refractivity contribution < 1.29 is 0 Å². The quantitative estimate of drug-likeness (QED) is 0.420. The molecule has 8 heteroatoms. The van der Waals surface area contributed by atoms with Crippen LogP contribution in [0.5, 0.6) is 0 Å². The molecule has 158 valence electrons. The Morgan fingerprint density at radius 2 is 1.90 bits per heavy atom. The van der Waals surface area contributed by atoms with Gasteiger partial charge in [0, 0.05) is 10.8 Å². The zero-order valence-corrected chi connectivity index (χ0v) is 18.9. The molecule has 3 aromatic heterocycles. The second-order valence-electron chi connectivity index (χ2n) is 8.39. The van der Waals surface area contributed by atoms with Gasteiger partial charge in [0.15, 0.2) is 5.16 Å². The van der Waals surface area contributed by atoms with E-state index in [-0.39, 0.29) is 0 Å². The van der Waals surface area contributed by atoms with Crippen LogP contribution in [0.4, 0.5) is 5.82 Å². The molecular formula is C23H24N6S2. The summed E-state index contributed by atoms with van der Waals surface area (Å²) < 4.78 is 2.27. The Bertz CT molecular complexity index is 1240. The number of aromatic nitrogens is 5. The van der Waals surface area contributed by atoms with Gasteiger partial charge in [0.1, 0.15) is 22.3 Å². The van der Waals surface area contributed by atoms with Crippen LogP contribution in [-0.2, 0) is 25.1 Å². The summed E-state index contributed by atoms with van der Waals surface area (Å²) >= 11 is 3.45. The first kappa shape index (κ1) is 19.3. The first-order chi connectivity index (χ1) is 15.3. The highest BCUT2D eigenvalue weighted by atomic mass is 32.2. The van der Waals surface area contributed by atoms with Crippen LogP contribution < -0.4 is 5.73 Å². The van der Waals surface area contributed by atoms with Crippen LogP contribution in [0.3, 0.4) is 0 Å². The van der Waals surface area contributed by atoms with Crippen molar-refractivity contribution in [2.45, 2.75) is 61.9 Å². The van der Waals surface area contributed by atoms with Crippen molar-refractivity contribution in [1.82, 2.24) is 24.7 Å².